The largest absolute Gasteiger partial charge is 0.477 e. The van der Waals surface area contributed by atoms with Gasteiger partial charge in [0.2, 0.25) is 5.91 Å². The molecule has 0 aromatic rings. The van der Waals surface area contributed by atoms with E-state index in [1.165, 1.54) is 12.5 Å². The maximum atomic E-state index is 10.9. The summed E-state index contributed by atoms with van der Waals surface area (Å²) < 4.78 is 0. The van der Waals surface area contributed by atoms with E-state index in [0.29, 0.717) is 6.42 Å². The van der Waals surface area contributed by atoms with Crippen molar-refractivity contribution >= 4 is 11.9 Å². The number of nitrogens with one attached hydrogen (secondary N) is 1. The molecule has 0 heterocycles. The number of carbonyl (C=O) groups excluding carboxylic acids is 1. The van der Waals surface area contributed by atoms with Crippen molar-refractivity contribution in [2.24, 2.45) is 0 Å². The highest BCUT2D eigenvalue weighted by molar-refractivity contribution is 5.91. The van der Waals surface area contributed by atoms with Crippen molar-refractivity contribution in [1.29, 1.82) is 0 Å². The lowest BCUT2D eigenvalue weighted by atomic mass is 10.1. The number of carboxylic acid groups (broad SMARTS) is 1. The number of amides is 1. The van der Waals surface area contributed by atoms with Crippen LogP contribution in [-0.4, -0.2) is 17.0 Å². The van der Waals surface area contributed by atoms with Gasteiger partial charge in [-0.2, -0.15) is 0 Å². The van der Waals surface area contributed by atoms with Gasteiger partial charge in [0, 0.05) is 6.92 Å². The highest BCUT2D eigenvalue weighted by atomic mass is 16.4. The third-order valence-corrected chi connectivity index (χ3v) is 2.45. The van der Waals surface area contributed by atoms with Crippen LogP contribution in [0.3, 0.4) is 0 Å². The first kappa shape index (κ1) is 17.2. The van der Waals surface area contributed by atoms with Crippen molar-refractivity contribution in [2.75, 3.05) is 0 Å². The van der Waals surface area contributed by atoms with Crippen LogP contribution >= 0.6 is 0 Å². The van der Waals surface area contributed by atoms with Crippen LogP contribution in [0.25, 0.3) is 0 Å². The molecule has 0 saturated heterocycles. The molecular weight excluding hydrogens is 242 g/mol. The molecule has 1 aliphatic carbocycles. The van der Waals surface area contributed by atoms with Gasteiger partial charge >= 0.3 is 5.97 Å². The van der Waals surface area contributed by atoms with Gasteiger partial charge in [0.1, 0.15) is 5.70 Å². The van der Waals surface area contributed by atoms with Crippen molar-refractivity contribution in [3.05, 3.63) is 35.6 Å². The molecule has 0 aromatic carbocycles. The van der Waals surface area contributed by atoms with Gasteiger partial charge in [-0.3, -0.25) is 4.79 Å². The predicted molar refractivity (Wildman–Crippen MR) is 76.6 cm³/mol. The zero-order chi connectivity index (χ0) is 14.7. The molecule has 106 valence electrons. The summed E-state index contributed by atoms with van der Waals surface area (Å²) >= 11 is 0. The van der Waals surface area contributed by atoms with Gasteiger partial charge in [-0.25, -0.2) is 4.79 Å². The molecule has 1 amide bonds. The van der Waals surface area contributed by atoms with Crippen molar-refractivity contribution in [2.45, 2.75) is 46.5 Å². The Morgan fingerprint density at radius 2 is 2.11 bits per heavy atom. The van der Waals surface area contributed by atoms with Crippen LogP contribution < -0.4 is 5.32 Å². The summed E-state index contributed by atoms with van der Waals surface area (Å²) in [7, 11) is 0. The first-order valence-electron chi connectivity index (χ1n) is 6.65. The standard InChI is InChI=1S/C13H17NO3.C2H6/c1-10(15)14-12(13(16)17)9-8-11-6-4-2-3-5-7-11;1-2/h2,4,6,9H,3,5,7-8H2,1H3,(H,14,15)(H,16,17);1-2H3/b12-9-;. The van der Waals surface area contributed by atoms with E-state index in [1.807, 2.05) is 26.0 Å². The summed E-state index contributed by atoms with van der Waals surface area (Å²) in [6.45, 7) is 5.30. The van der Waals surface area contributed by atoms with Gasteiger partial charge in [-0.1, -0.05) is 37.6 Å². The SMILES string of the molecule is CC.CC(=O)N/C(=C\CC1=CC=CCCC1)C(=O)O. The second-order valence-electron chi connectivity index (χ2n) is 3.95. The van der Waals surface area contributed by atoms with E-state index in [9.17, 15) is 9.59 Å². The average Bonchev–Trinajstić information content (AvgIpc) is 2.64. The molecule has 2 N–H and O–H groups in total. The third kappa shape index (κ3) is 7.97. The van der Waals surface area contributed by atoms with Crippen LogP contribution in [-0.2, 0) is 9.59 Å². The highest BCUT2D eigenvalue weighted by Gasteiger charge is 2.08. The molecule has 0 aliphatic heterocycles. The van der Waals surface area contributed by atoms with E-state index in [1.54, 1.807) is 6.08 Å². The lowest BCUT2D eigenvalue weighted by molar-refractivity contribution is -0.134. The van der Waals surface area contributed by atoms with E-state index >= 15 is 0 Å². The monoisotopic (exact) mass is 265 g/mol. The van der Waals surface area contributed by atoms with E-state index in [4.69, 9.17) is 5.11 Å². The molecule has 0 radical (unpaired) electrons. The molecule has 0 unspecified atom stereocenters. The predicted octanol–water partition coefficient (Wildman–Crippen LogP) is 3.17. The van der Waals surface area contributed by atoms with Crippen LogP contribution in [0.1, 0.15) is 46.5 Å². The van der Waals surface area contributed by atoms with Crippen molar-refractivity contribution in [3.8, 4) is 0 Å². The summed E-state index contributed by atoms with van der Waals surface area (Å²) in [5.74, 6) is -1.47. The molecule has 1 rings (SSSR count). The number of hydrogen-bond donors (Lipinski definition) is 2. The molecule has 0 saturated carbocycles. The number of carboxylic acids is 1. The maximum absolute atomic E-state index is 10.9. The van der Waals surface area contributed by atoms with Crippen LogP contribution in [0, 0.1) is 0 Å². The Bertz CT molecular complexity index is 392. The molecule has 0 fully saturated rings. The number of rotatable bonds is 4. The van der Waals surface area contributed by atoms with Gasteiger partial charge < -0.3 is 10.4 Å². The Balaban J connectivity index is 0.00000154. The summed E-state index contributed by atoms with van der Waals surface area (Å²) in [4.78, 5) is 21.7. The zero-order valence-corrected chi connectivity index (χ0v) is 11.9. The van der Waals surface area contributed by atoms with E-state index in [2.05, 4.69) is 11.4 Å². The molecule has 0 spiro atoms. The average molecular weight is 265 g/mol. The lowest BCUT2D eigenvalue weighted by Crippen LogP contribution is -2.24. The Morgan fingerprint density at radius 1 is 1.42 bits per heavy atom. The van der Waals surface area contributed by atoms with Crippen molar-refractivity contribution in [3.63, 3.8) is 0 Å². The van der Waals surface area contributed by atoms with E-state index in [-0.39, 0.29) is 11.6 Å². The zero-order valence-electron chi connectivity index (χ0n) is 11.9. The Hall–Kier alpha value is -1.84. The topological polar surface area (TPSA) is 66.4 Å². The third-order valence-electron chi connectivity index (χ3n) is 2.45. The van der Waals surface area contributed by atoms with Crippen LogP contribution in [0.15, 0.2) is 35.6 Å². The second-order valence-corrected chi connectivity index (χ2v) is 3.95. The molecule has 0 atom stereocenters. The Morgan fingerprint density at radius 3 is 2.68 bits per heavy atom. The summed E-state index contributed by atoms with van der Waals surface area (Å²) in [6, 6.07) is 0. The summed E-state index contributed by atoms with van der Waals surface area (Å²) in [6.07, 6.45) is 11.3. The molecular formula is C15H23NO3. The summed E-state index contributed by atoms with van der Waals surface area (Å²) in [5.41, 5.74) is 1.13. The van der Waals surface area contributed by atoms with Crippen molar-refractivity contribution < 1.29 is 14.7 Å². The molecule has 4 nitrogen and oxygen atoms in total. The van der Waals surface area contributed by atoms with E-state index < -0.39 is 5.97 Å². The van der Waals surface area contributed by atoms with Crippen molar-refractivity contribution in [1.82, 2.24) is 5.32 Å². The van der Waals surface area contributed by atoms with E-state index in [0.717, 1.165) is 19.3 Å². The Kier molecular flexibility index (Phi) is 9.14. The fourth-order valence-electron chi connectivity index (χ4n) is 1.62. The van der Waals surface area contributed by atoms with Crippen LogP contribution in [0.5, 0.6) is 0 Å². The molecule has 19 heavy (non-hydrogen) atoms. The minimum atomic E-state index is -1.11. The first-order chi connectivity index (χ1) is 9.09. The number of carbonyl (C=O) groups is 2. The number of allylic oxidation sites excluding steroid dienone is 5. The fourth-order valence-corrected chi connectivity index (χ4v) is 1.62. The minimum Gasteiger partial charge on any atom is -0.477 e. The minimum absolute atomic E-state index is 0.0494. The molecule has 1 aliphatic rings. The van der Waals surface area contributed by atoms with Gasteiger partial charge in [-0.05, 0) is 31.8 Å². The molecule has 0 aromatic heterocycles. The van der Waals surface area contributed by atoms with Gasteiger partial charge in [0.25, 0.3) is 0 Å². The maximum Gasteiger partial charge on any atom is 0.352 e. The second kappa shape index (κ2) is 10.1. The number of hydrogen-bond acceptors (Lipinski definition) is 2. The molecule has 0 bridgehead atoms. The Labute approximate surface area is 114 Å². The lowest BCUT2D eigenvalue weighted by Gasteiger charge is -2.05. The molecule has 4 heteroatoms. The first-order valence-corrected chi connectivity index (χ1v) is 6.65. The van der Waals surface area contributed by atoms with Gasteiger partial charge in [0.15, 0.2) is 0 Å². The quantitative estimate of drug-likeness (QED) is 0.767. The normalized spacial score (nSPS) is 14.7. The highest BCUT2D eigenvalue weighted by Crippen LogP contribution is 2.16. The number of aliphatic carboxylic acids is 1. The smallest absolute Gasteiger partial charge is 0.352 e. The van der Waals surface area contributed by atoms with Gasteiger partial charge in [0.05, 0.1) is 0 Å². The van der Waals surface area contributed by atoms with Crippen LogP contribution in [0.2, 0.25) is 0 Å². The fraction of sp³-hybridized carbons (Fsp3) is 0.467. The summed E-state index contributed by atoms with van der Waals surface area (Å²) in [5, 5.41) is 11.2. The van der Waals surface area contributed by atoms with Crippen LogP contribution in [0.4, 0.5) is 0 Å². The van der Waals surface area contributed by atoms with Gasteiger partial charge in [-0.15, -0.1) is 0 Å².